The van der Waals surface area contributed by atoms with E-state index in [1.165, 1.54) is 11.8 Å². The molecule has 10 heteroatoms. The number of rotatable bonds is 6. The zero-order valence-corrected chi connectivity index (χ0v) is 23.0. The third kappa shape index (κ3) is 5.72. The fourth-order valence-corrected chi connectivity index (χ4v) is 5.61. The first kappa shape index (κ1) is 26.3. The highest BCUT2D eigenvalue weighted by Gasteiger charge is 2.39. The summed E-state index contributed by atoms with van der Waals surface area (Å²) in [5, 5.41) is 10.5. The number of hydrogen-bond donors (Lipinski definition) is 1. The lowest BCUT2D eigenvalue weighted by molar-refractivity contribution is -0.121. The molecule has 0 bridgehead atoms. The minimum atomic E-state index is -0.641. The molecule has 0 saturated carbocycles. The van der Waals surface area contributed by atoms with Gasteiger partial charge in [-0.3, -0.25) is 9.59 Å². The molecule has 0 aromatic heterocycles. The first-order chi connectivity index (χ1) is 18.3. The van der Waals surface area contributed by atoms with E-state index >= 15 is 0 Å². The molecule has 5 rings (SSSR count). The van der Waals surface area contributed by atoms with Gasteiger partial charge in [0.1, 0.15) is 11.0 Å². The second kappa shape index (κ2) is 11.2. The van der Waals surface area contributed by atoms with E-state index in [4.69, 9.17) is 33.0 Å². The van der Waals surface area contributed by atoms with Crippen LogP contribution in [0.15, 0.2) is 76.8 Å². The van der Waals surface area contributed by atoms with Crippen molar-refractivity contribution in [1.82, 2.24) is 5.01 Å². The fourth-order valence-electron chi connectivity index (χ4n) is 4.24. The van der Waals surface area contributed by atoms with E-state index in [1.54, 1.807) is 24.3 Å². The summed E-state index contributed by atoms with van der Waals surface area (Å²) in [5.74, 6) is 0.109. The van der Waals surface area contributed by atoms with Gasteiger partial charge in [-0.05, 0) is 60.0 Å². The lowest BCUT2D eigenvalue weighted by atomic mass is 9.98. The van der Waals surface area contributed by atoms with Crippen molar-refractivity contribution in [1.29, 1.82) is 0 Å². The smallest absolute Gasteiger partial charge is 0.262 e. The number of benzene rings is 3. The molecule has 0 fully saturated rings. The minimum absolute atomic E-state index is 0.0171. The molecule has 3 aromatic rings. The number of nitrogens with zero attached hydrogens (tertiary/aromatic N) is 3. The Morgan fingerprint density at radius 3 is 2.53 bits per heavy atom. The molecule has 2 aliphatic rings. The Labute approximate surface area is 234 Å². The van der Waals surface area contributed by atoms with Crippen molar-refractivity contribution in [3.63, 3.8) is 0 Å². The monoisotopic (exact) mass is 566 g/mol. The van der Waals surface area contributed by atoms with E-state index in [0.717, 1.165) is 28.2 Å². The van der Waals surface area contributed by atoms with Crippen LogP contribution in [0.5, 0.6) is 5.75 Å². The summed E-state index contributed by atoms with van der Waals surface area (Å²) in [5.41, 5.74) is 4.30. The maximum absolute atomic E-state index is 12.8. The van der Waals surface area contributed by atoms with Crippen molar-refractivity contribution in [3.05, 3.63) is 93.5 Å². The molecule has 2 atom stereocenters. The molecule has 0 aliphatic carbocycles. The quantitative estimate of drug-likeness (QED) is 0.368. The van der Waals surface area contributed by atoms with Crippen molar-refractivity contribution < 1.29 is 14.3 Å². The van der Waals surface area contributed by atoms with Gasteiger partial charge < -0.3 is 10.1 Å². The Morgan fingerprint density at radius 2 is 1.84 bits per heavy atom. The van der Waals surface area contributed by atoms with E-state index in [0.29, 0.717) is 27.3 Å². The van der Waals surface area contributed by atoms with Gasteiger partial charge >= 0.3 is 0 Å². The maximum Gasteiger partial charge on any atom is 0.262 e. The Kier molecular flexibility index (Phi) is 7.74. The van der Waals surface area contributed by atoms with Crippen molar-refractivity contribution in [2.45, 2.75) is 31.1 Å². The van der Waals surface area contributed by atoms with Gasteiger partial charge in [-0.25, -0.2) is 5.01 Å². The van der Waals surface area contributed by atoms with Crippen molar-refractivity contribution in [2.75, 3.05) is 12.4 Å². The summed E-state index contributed by atoms with van der Waals surface area (Å²) in [6.45, 7) is 1.89. The molecular formula is C28H24Cl2N4O3S. The summed E-state index contributed by atoms with van der Waals surface area (Å²) < 4.78 is 5.31. The highest BCUT2D eigenvalue weighted by atomic mass is 35.5. The van der Waals surface area contributed by atoms with E-state index in [1.807, 2.05) is 61.5 Å². The molecule has 3 aromatic carbocycles. The number of anilines is 1. The van der Waals surface area contributed by atoms with Gasteiger partial charge in [0.25, 0.3) is 5.91 Å². The van der Waals surface area contributed by atoms with Gasteiger partial charge in [-0.2, -0.15) is 10.1 Å². The number of carbonyl (C=O) groups is 2. The summed E-state index contributed by atoms with van der Waals surface area (Å²) in [6.07, 6.45) is 0.595. The molecule has 7 nitrogen and oxygen atoms in total. The second-order valence-corrected chi connectivity index (χ2v) is 11.0. The van der Waals surface area contributed by atoms with Crippen LogP contribution in [0, 0.1) is 6.92 Å². The first-order valence-electron chi connectivity index (χ1n) is 11.9. The summed E-state index contributed by atoms with van der Waals surface area (Å²) in [4.78, 5) is 29.8. The van der Waals surface area contributed by atoms with Gasteiger partial charge in [0.15, 0.2) is 5.17 Å². The van der Waals surface area contributed by atoms with Crippen LogP contribution in [0.3, 0.4) is 0 Å². The van der Waals surface area contributed by atoms with Gasteiger partial charge in [0.2, 0.25) is 5.91 Å². The molecule has 2 aliphatic heterocycles. The summed E-state index contributed by atoms with van der Waals surface area (Å²) in [6, 6.07) is 20.4. The maximum atomic E-state index is 12.8. The molecule has 0 saturated heterocycles. The number of amidine groups is 1. The number of carbonyl (C=O) groups excluding carboxylic acids is 2. The van der Waals surface area contributed by atoms with Gasteiger partial charge in [-0.15, -0.1) is 0 Å². The Balaban J connectivity index is 1.34. The number of hydrogen-bond acceptors (Lipinski definition) is 6. The van der Waals surface area contributed by atoms with Crippen LogP contribution in [0.4, 0.5) is 5.69 Å². The molecule has 38 heavy (non-hydrogen) atoms. The van der Waals surface area contributed by atoms with Crippen LogP contribution in [0.25, 0.3) is 0 Å². The van der Waals surface area contributed by atoms with Crippen molar-refractivity contribution in [2.24, 2.45) is 10.1 Å². The van der Waals surface area contributed by atoms with Crippen LogP contribution < -0.4 is 10.1 Å². The lowest BCUT2D eigenvalue weighted by Gasteiger charge is -2.23. The van der Waals surface area contributed by atoms with Crippen LogP contribution in [-0.4, -0.2) is 40.1 Å². The number of nitrogens with one attached hydrogen (secondary N) is 1. The van der Waals surface area contributed by atoms with E-state index in [2.05, 4.69) is 10.3 Å². The number of hydrazone groups is 1. The molecule has 0 spiro atoms. The predicted molar refractivity (Wildman–Crippen MR) is 153 cm³/mol. The number of methoxy groups -OCH3 is 1. The minimum Gasteiger partial charge on any atom is -0.497 e. The summed E-state index contributed by atoms with van der Waals surface area (Å²) >= 11 is 13.5. The zero-order valence-electron chi connectivity index (χ0n) is 20.7. The largest absolute Gasteiger partial charge is 0.497 e. The highest BCUT2D eigenvalue weighted by molar-refractivity contribution is 8.15. The Bertz CT molecular complexity index is 1440. The Morgan fingerprint density at radius 1 is 1.11 bits per heavy atom. The van der Waals surface area contributed by atoms with Crippen LogP contribution in [0.1, 0.15) is 35.6 Å². The topological polar surface area (TPSA) is 83.4 Å². The molecular weight excluding hydrogens is 543 g/mol. The van der Waals surface area contributed by atoms with Crippen LogP contribution in [-0.2, 0) is 9.59 Å². The number of aliphatic imine (C=N–C) groups is 1. The standard InChI is InChI=1S/C28H24Cl2N4O3S/c1-16-3-10-20(13-22(16)30)31-26(35)15-25-27(36)32-28(38-25)34-24(18-6-11-21(37-2)12-7-18)14-23(33-34)17-4-8-19(29)9-5-17/h3-13,24-25H,14-15H2,1-2H3,(H,31,35)/t24-,25-/m0/s1. The van der Waals surface area contributed by atoms with E-state index in [-0.39, 0.29) is 24.3 Å². The van der Waals surface area contributed by atoms with Gasteiger partial charge in [-0.1, -0.05) is 65.3 Å². The number of ether oxygens (including phenoxy) is 1. The fraction of sp³-hybridized carbons (Fsp3) is 0.214. The molecule has 0 radical (unpaired) electrons. The van der Waals surface area contributed by atoms with Crippen LogP contribution >= 0.6 is 35.0 Å². The first-order valence-corrected chi connectivity index (χ1v) is 13.6. The Hall–Kier alpha value is -3.33. The molecule has 194 valence electrons. The number of halogens is 2. The second-order valence-electron chi connectivity index (χ2n) is 8.95. The summed E-state index contributed by atoms with van der Waals surface area (Å²) in [7, 11) is 1.62. The van der Waals surface area contributed by atoms with Crippen molar-refractivity contribution in [3.8, 4) is 5.75 Å². The molecule has 1 N–H and O–H groups in total. The van der Waals surface area contributed by atoms with Gasteiger partial charge in [0.05, 0.1) is 18.9 Å². The third-order valence-electron chi connectivity index (χ3n) is 6.34. The molecule has 2 heterocycles. The van der Waals surface area contributed by atoms with E-state index < -0.39 is 5.25 Å². The normalized spacial score (nSPS) is 18.8. The molecule has 2 amide bonds. The lowest BCUT2D eigenvalue weighted by Crippen LogP contribution is -2.25. The van der Waals surface area contributed by atoms with E-state index in [9.17, 15) is 9.59 Å². The van der Waals surface area contributed by atoms with Gasteiger partial charge in [0, 0.05) is 28.6 Å². The zero-order chi connectivity index (χ0) is 26.8. The third-order valence-corrected chi connectivity index (χ3v) is 8.14. The SMILES string of the molecule is COc1ccc([C@@H]2CC(c3ccc(Cl)cc3)=NN2C2=NC(=O)[C@H](CC(=O)Nc3ccc(C)c(Cl)c3)S2)cc1. The van der Waals surface area contributed by atoms with Crippen LogP contribution in [0.2, 0.25) is 10.0 Å². The molecule has 0 unspecified atom stereocenters. The van der Waals surface area contributed by atoms with Crippen molar-refractivity contribution >= 4 is 63.3 Å². The number of amides is 2. The average Bonchev–Trinajstić information content (AvgIpc) is 3.50. The highest BCUT2D eigenvalue weighted by Crippen LogP contribution is 2.39. The number of aryl methyl sites for hydroxylation is 1. The number of thioether (sulfide) groups is 1. The average molecular weight is 567 g/mol. The predicted octanol–water partition coefficient (Wildman–Crippen LogP) is 6.49.